The number of hydrogen-bond donors (Lipinski definition) is 0. The van der Waals surface area contributed by atoms with Crippen molar-refractivity contribution < 1.29 is 0 Å². The number of benzene rings is 13. The van der Waals surface area contributed by atoms with Crippen molar-refractivity contribution >= 4 is 107 Å². The van der Waals surface area contributed by atoms with Crippen molar-refractivity contribution in [1.82, 2.24) is 9.13 Å². The third-order valence-corrected chi connectivity index (χ3v) is 21.7. The highest BCUT2D eigenvalue weighted by atomic mass is 15.2. The fourth-order valence-corrected chi connectivity index (χ4v) is 18.2. The SMILES string of the molecule is c1ccc(-c2cccc(-c3ccccc3)c2N2c3cc(N4C5CC6CC(C5)CC4C6)ccc3B3c4ccc(-n5c6ccccc6c6ccccc65)cc4N(c4c(-c5ccccc5)cccc4-c4ccccc4)c4cc(-n5c6ccccc6c6ccccc65)cc2c43)cc1. The number of aromatic nitrogens is 2. The van der Waals surface area contributed by atoms with Gasteiger partial charge < -0.3 is 23.8 Å². The van der Waals surface area contributed by atoms with Gasteiger partial charge in [0.1, 0.15) is 0 Å². The number of nitrogens with zero attached hydrogens (tertiary/aromatic N) is 5. The van der Waals surface area contributed by atoms with Crippen LogP contribution in [0.25, 0.3) is 99.5 Å². The van der Waals surface area contributed by atoms with Gasteiger partial charge in [0.15, 0.2) is 0 Å². The molecule has 5 nitrogen and oxygen atoms in total. The summed E-state index contributed by atoms with van der Waals surface area (Å²) in [4.78, 5) is 8.37. The second kappa shape index (κ2) is 20.7. The number of piperidine rings is 2. The molecule has 2 aliphatic carbocycles. The first-order chi connectivity index (χ1) is 46.1. The van der Waals surface area contributed by atoms with Crippen LogP contribution in [0.4, 0.5) is 39.8 Å². The van der Waals surface area contributed by atoms with Crippen LogP contribution >= 0.6 is 0 Å². The van der Waals surface area contributed by atoms with Crippen molar-refractivity contribution in [3.8, 4) is 55.9 Å². The average molecular weight is 1190 g/mol. The molecule has 0 N–H and O–H groups in total. The summed E-state index contributed by atoms with van der Waals surface area (Å²) in [5.74, 6) is 1.66. The highest BCUT2D eigenvalue weighted by molar-refractivity contribution is 7.00. The van der Waals surface area contributed by atoms with Crippen molar-refractivity contribution in [1.29, 1.82) is 0 Å². The molecule has 4 fully saturated rings. The molecule has 0 atom stereocenters. The standard InChI is InChI=1S/C87H64BN5/c1-5-23-58(24-6-1)67-35-21-36-68(59-25-7-2-8-26-59)86(67)92-81-52-62(89-64-48-56-47-57(50-64)51-65(89)49-56)43-45-75(81)88-76-46-44-63(90-77-39-17-13-31-71(77)72-32-14-18-40-78(72)90)53-82(76)93(87-69(60-27-9-3-10-28-60)37-22-38-70(87)61-29-11-4-12-30-61)84-55-66(54-83(92)85(84)88)91-79-41-19-15-33-73(79)74-34-16-20-42-80(74)91/h1-46,52-57,64-65H,47-51H2. The van der Waals surface area contributed by atoms with E-state index in [9.17, 15) is 0 Å². The van der Waals surface area contributed by atoms with Gasteiger partial charge in [-0.2, -0.15) is 0 Å². The molecular weight excluding hydrogens is 1130 g/mol. The van der Waals surface area contributed by atoms with Crippen LogP contribution < -0.4 is 31.1 Å². The molecule has 0 radical (unpaired) electrons. The number of hydrogen-bond acceptors (Lipinski definition) is 3. The van der Waals surface area contributed by atoms with Gasteiger partial charge in [-0.05, 0) is 143 Å². The Labute approximate surface area is 542 Å². The summed E-state index contributed by atoms with van der Waals surface area (Å²) in [5, 5.41) is 4.95. The van der Waals surface area contributed by atoms with Gasteiger partial charge in [0.05, 0.1) is 39.1 Å². The van der Waals surface area contributed by atoms with Crippen LogP contribution in [-0.2, 0) is 0 Å². The zero-order valence-electron chi connectivity index (χ0n) is 51.5. The van der Waals surface area contributed by atoms with Crippen LogP contribution in [0.2, 0.25) is 0 Å². The van der Waals surface area contributed by atoms with Crippen LogP contribution in [-0.4, -0.2) is 27.9 Å². The summed E-state index contributed by atoms with van der Waals surface area (Å²) < 4.78 is 5.07. The van der Waals surface area contributed by atoms with Gasteiger partial charge >= 0.3 is 0 Å². The topological polar surface area (TPSA) is 19.6 Å². The van der Waals surface area contributed by atoms with Crippen LogP contribution in [0, 0.1) is 11.8 Å². The number of para-hydroxylation sites is 6. The van der Waals surface area contributed by atoms with Crippen LogP contribution in [0.15, 0.2) is 303 Å². The summed E-state index contributed by atoms with van der Waals surface area (Å²) in [6.07, 6.45) is 6.54. The summed E-state index contributed by atoms with van der Waals surface area (Å²) in [5.41, 5.74) is 28.4. The first kappa shape index (κ1) is 52.7. The summed E-state index contributed by atoms with van der Waals surface area (Å²) in [6.45, 7) is -0.178. The van der Waals surface area contributed by atoms with Crippen LogP contribution in [0.5, 0.6) is 0 Å². The molecule has 15 aromatic rings. The summed E-state index contributed by atoms with van der Waals surface area (Å²) in [6, 6.07) is 116. The zero-order valence-corrected chi connectivity index (χ0v) is 51.5. The minimum Gasteiger partial charge on any atom is -0.365 e. The molecule has 2 saturated heterocycles. The van der Waals surface area contributed by atoms with E-state index in [1.807, 2.05) is 0 Å². The first-order valence-electron chi connectivity index (χ1n) is 33.4. The molecule has 0 amide bonds. The lowest BCUT2D eigenvalue weighted by Gasteiger charge is -2.57. The van der Waals surface area contributed by atoms with Crippen LogP contribution in [0.3, 0.4) is 0 Å². The molecule has 4 bridgehead atoms. The third-order valence-electron chi connectivity index (χ3n) is 21.7. The van der Waals surface area contributed by atoms with E-state index in [1.54, 1.807) is 0 Å². The Bertz CT molecular complexity index is 5250. The highest BCUT2D eigenvalue weighted by Gasteiger charge is 2.49. The fraction of sp³-hybridized carbons (Fsp3) is 0.103. The van der Waals surface area contributed by atoms with Gasteiger partial charge in [-0.25, -0.2) is 0 Å². The Kier molecular flexibility index (Phi) is 11.7. The maximum Gasteiger partial charge on any atom is 0.252 e. The molecule has 6 aliphatic rings. The summed E-state index contributed by atoms with van der Waals surface area (Å²) in [7, 11) is 0. The van der Waals surface area contributed by atoms with Gasteiger partial charge in [0, 0.05) is 90.0 Å². The second-order valence-corrected chi connectivity index (χ2v) is 26.7. The average Bonchev–Trinajstić information content (AvgIpc) is 1.05. The number of anilines is 7. The van der Waals surface area contributed by atoms with E-state index >= 15 is 0 Å². The molecule has 4 aliphatic heterocycles. The van der Waals surface area contributed by atoms with Gasteiger partial charge in [0.25, 0.3) is 6.71 Å². The maximum atomic E-state index is 2.90. The lowest BCUT2D eigenvalue weighted by molar-refractivity contribution is 0.0900. The monoisotopic (exact) mass is 1190 g/mol. The zero-order chi connectivity index (χ0) is 60.8. The molecule has 6 heterocycles. The van der Waals surface area contributed by atoms with Crippen molar-refractivity contribution in [2.75, 3.05) is 14.7 Å². The lowest BCUT2D eigenvalue weighted by atomic mass is 9.33. The normalized spacial score (nSPS) is 17.6. The number of fused-ring (bicyclic) bond motifs is 10. The van der Waals surface area contributed by atoms with E-state index < -0.39 is 0 Å². The molecule has 21 rings (SSSR count). The Morgan fingerprint density at radius 2 is 0.591 bits per heavy atom. The minimum absolute atomic E-state index is 0.178. The number of rotatable bonds is 9. The Hall–Kier alpha value is -11.1. The van der Waals surface area contributed by atoms with E-state index in [0.29, 0.717) is 12.1 Å². The minimum atomic E-state index is -0.178. The van der Waals surface area contributed by atoms with E-state index in [4.69, 9.17) is 0 Å². The fourth-order valence-electron chi connectivity index (χ4n) is 18.2. The van der Waals surface area contributed by atoms with Crippen molar-refractivity contribution in [3.05, 3.63) is 303 Å². The van der Waals surface area contributed by atoms with Crippen molar-refractivity contribution in [3.63, 3.8) is 0 Å². The van der Waals surface area contributed by atoms with E-state index in [1.165, 1.54) is 137 Å². The van der Waals surface area contributed by atoms with Crippen LogP contribution in [0.1, 0.15) is 32.1 Å². The van der Waals surface area contributed by atoms with Gasteiger partial charge in [0.2, 0.25) is 0 Å². The third kappa shape index (κ3) is 8.01. The highest BCUT2D eigenvalue weighted by Crippen LogP contribution is 2.56. The Morgan fingerprint density at radius 1 is 0.269 bits per heavy atom. The maximum absolute atomic E-state index is 2.90. The van der Waals surface area contributed by atoms with Crippen molar-refractivity contribution in [2.24, 2.45) is 11.8 Å². The van der Waals surface area contributed by atoms with Crippen molar-refractivity contribution in [2.45, 2.75) is 44.2 Å². The Morgan fingerprint density at radius 3 is 0.978 bits per heavy atom. The van der Waals surface area contributed by atoms with Gasteiger partial charge in [-0.15, -0.1) is 0 Å². The molecule has 0 unspecified atom stereocenters. The predicted octanol–water partition coefficient (Wildman–Crippen LogP) is 20.4. The molecule has 0 spiro atoms. The first-order valence-corrected chi connectivity index (χ1v) is 33.4. The van der Waals surface area contributed by atoms with Gasteiger partial charge in [-0.1, -0.05) is 243 Å². The van der Waals surface area contributed by atoms with Gasteiger partial charge in [-0.3, -0.25) is 0 Å². The molecule has 2 aromatic heterocycles. The molecule has 6 heteroatoms. The van der Waals surface area contributed by atoms with E-state index in [2.05, 4.69) is 327 Å². The lowest BCUT2D eigenvalue weighted by Crippen LogP contribution is -2.62. The van der Waals surface area contributed by atoms with E-state index in [0.717, 1.165) is 62.5 Å². The quantitative estimate of drug-likeness (QED) is 0.134. The molecule has 93 heavy (non-hydrogen) atoms. The van der Waals surface area contributed by atoms with E-state index in [-0.39, 0.29) is 6.71 Å². The second-order valence-electron chi connectivity index (χ2n) is 26.7. The molecule has 440 valence electrons. The Balaban J connectivity index is 0.969. The predicted molar refractivity (Wildman–Crippen MR) is 391 cm³/mol. The summed E-state index contributed by atoms with van der Waals surface area (Å²) >= 11 is 0. The molecule has 13 aromatic carbocycles. The smallest absolute Gasteiger partial charge is 0.252 e. The molecular formula is C87H64BN5. The molecule has 2 saturated carbocycles. The largest absolute Gasteiger partial charge is 0.365 e.